The number of fused-ring (bicyclic) bond motifs is 10. The van der Waals surface area contributed by atoms with Crippen LogP contribution in [-0.2, 0) is 0 Å². The van der Waals surface area contributed by atoms with Crippen LogP contribution in [0.3, 0.4) is 0 Å². The highest BCUT2D eigenvalue weighted by atomic mass is 79.9. The van der Waals surface area contributed by atoms with Gasteiger partial charge in [-0.3, -0.25) is 17.9 Å². The largest absolute Gasteiger partial charge is 0.278 e. The van der Waals surface area contributed by atoms with Gasteiger partial charge in [-0.15, -0.1) is 0 Å². The lowest BCUT2D eigenvalue weighted by Crippen LogP contribution is -1.95. The zero-order valence-corrected chi connectivity index (χ0v) is 32.2. The summed E-state index contributed by atoms with van der Waals surface area (Å²) in [5, 5.41) is 0. The molecule has 0 unspecified atom stereocenters. The maximum absolute atomic E-state index is 4.95. The number of aromatic nitrogens is 6. The Morgan fingerprint density at radius 2 is 0.702 bits per heavy atom. The van der Waals surface area contributed by atoms with Crippen molar-refractivity contribution in [2.75, 3.05) is 0 Å². The molecule has 0 saturated heterocycles. The fourth-order valence-corrected chi connectivity index (χ4v) is 8.45. The summed E-state index contributed by atoms with van der Waals surface area (Å²) in [6.07, 6.45) is 0. The second-order valence-electron chi connectivity index (χ2n) is 14.1. The molecule has 0 radical (unpaired) electrons. The van der Waals surface area contributed by atoms with E-state index in [1.165, 1.54) is 27.8 Å². The zero-order chi connectivity index (χ0) is 37.9. The van der Waals surface area contributed by atoms with Crippen molar-refractivity contribution in [3.63, 3.8) is 0 Å². The number of benzene rings is 8. The summed E-state index contributed by atoms with van der Waals surface area (Å²) in [7, 11) is 0. The van der Waals surface area contributed by atoms with Crippen molar-refractivity contribution in [1.29, 1.82) is 0 Å². The van der Waals surface area contributed by atoms with Crippen molar-refractivity contribution >= 4 is 71.6 Å². The molecule has 12 aromatic rings. The normalized spacial score (nSPS) is 11.6. The van der Waals surface area contributed by atoms with E-state index in [0.29, 0.717) is 0 Å². The van der Waals surface area contributed by atoms with Crippen LogP contribution < -0.4 is 0 Å². The molecule has 270 valence electrons. The molecule has 0 bridgehead atoms. The second kappa shape index (κ2) is 13.5. The van der Waals surface area contributed by atoms with Crippen LogP contribution in [-0.4, -0.2) is 27.9 Å². The molecule has 0 N–H and O–H groups in total. The van der Waals surface area contributed by atoms with Gasteiger partial charge in [-0.25, -0.2) is 9.97 Å². The molecular formula is C50H33BrN6. The van der Waals surface area contributed by atoms with Gasteiger partial charge in [0.25, 0.3) is 0 Å². The first kappa shape index (κ1) is 33.1. The van der Waals surface area contributed by atoms with E-state index in [1.54, 1.807) is 0 Å². The molecular weight excluding hydrogens is 764 g/mol. The van der Waals surface area contributed by atoms with E-state index in [-0.39, 0.29) is 0 Å². The first-order chi connectivity index (χ1) is 28.2. The molecule has 57 heavy (non-hydrogen) atoms. The Morgan fingerprint density at radius 3 is 1.21 bits per heavy atom. The molecule has 12 rings (SSSR count). The summed E-state index contributed by atoms with van der Waals surface area (Å²) in [6.45, 7) is 0. The molecule has 0 atom stereocenters. The molecule has 0 amide bonds. The standard InChI is InChI=1S/C25H16BrN3.C25H17N3/c26-19-12-15-23-24(16-19)29-22-9-5-4-8-21(22)27-25(29)28(23)20-13-10-18(11-14-20)17-6-2-1-3-7-17;1-2-8-18(9-3-1)19-14-16-20(17-15-19)27-23-12-6-7-13-24(23)28-22-11-5-4-10-21(22)26-25(27)28/h1-16H;1-17H. The molecule has 6 nitrogen and oxygen atoms in total. The van der Waals surface area contributed by atoms with E-state index in [1.807, 2.05) is 24.3 Å². The van der Waals surface area contributed by atoms with E-state index in [9.17, 15) is 0 Å². The van der Waals surface area contributed by atoms with Gasteiger partial charge >= 0.3 is 0 Å². The van der Waals surface area contributed by atoms with Crippen LogP contribution >= 0.6 is 15.9 Å². The maximum atomic E-state index is 4.95. The van der Waals surface area contributed by atoms with Crippen LogP contribution in [0.5, 0.6) is 0 Å². The van der Waals surface area contributed by atoms with Crippen LogP contribution in [0.2, 0.25) is 0 Å². The summed E-state index contributed by atoms with van der Waals surface area (Å²) < 4.78 is 10.0. The van der Waals surface area contributed by atoms with Gasteiger partial charge in [0, 0.05) is 15.8 Å². The van der Waals surface area contributed by atoms with Crippen LogP contribution in [0.25, 0.3) is 89.3 Å². The van der Waals surface area contributed by atoms with Crippen molar-refractivity contribution in [3.8, 4) is 33.6 Å². The van der Waals surface area contributed by atoms with E-state index in [2.05, 4.69) is 210 Å². The van der Waals surface area contributed by atoms with Gasteiger partial charge in [-0.2, -0.15) is 0 Å². The summed E-state index contributed by atoms with van der Waals surface area (Å²) in [6, 6.07) is 69.8. The Labute approximate surface area is 336 Å². The predicted octanol–water partition coefficient (Wildman–Crippen LogP) is 13.0. The van der Waals surface area contributed by atoms with Gasteiger partial charge in [-0.05, 0) is 101 Å². The molecule has 4 aromatic heterocycles. The highest BCUT2D eigenvalue weighted by molar-refractivity contribution is 9.10. The minimum absolute atomic E-state index is 0.923. The minimum Gasteiger partial charge on any atom is -0.278 e. The lowest BCUT2D eigenvalue weighted by molar-refractivity contribution is 1.11. The number of halogens is 1. The monoisotopic (exact) mass is 796 g/mol. The number of imidazole rings is 4. The summed E-state index contributed by atoms with van der Waals surface area (Å²) in [5.41, 5.74) is 15.9. The third-order valence-electron chi connectivity index (χ3n) is 10.7. The van der Waals surface area contributed by atoms with Gasteiger partial charge in [0.1, 0.15) is 0 Å². The number of nitrogens with zero attached hydrogens (tertiary/aromatic N) is 6. The van der Waals surface area contributed by atoms with Crippen molar-refractivity contribution in [1.82, 2.24) is 27.9 Å². The maximum Gasteiger partial charge on any atom is 0.220 e. The molecule has 0 aliphatic heterocycles. The minimum atomic E-state index is 0.923. The van der Waals surface area contributed by atoms with Gasteiger partial charge in [0.05, 0.1) is 44.1 Å². The molecule has 7 heteroatoms. The molecule has 8 aromatic carbocycles. The van der Waals surface area contributed by atoms with Crippen molar-refractivity contribution in [3.05, 3.63) is 205 Å². The molecule has 0 fully saturated rings. The number of para-hydroxylation sites is 6. The Hall–Kier alpha value is -7.22. The van der Waals surface area contributed by atoms with Crippen LogP contribution in [0.15, 0.2) is 205 Å². The lowest BCUT2D eigenvalue weighted by Gasteiger charge is -2.07. The van der Waals surface area contributed by atoms with Gasteiger partial charge in [0.2, 0.25) is 11.6 Å². The predicted molar refractivity (Wildman–Crippen MR) is 238 cm³/mol. The van der Waals surface area contributed by atoms with Crippen molar-refractivity contribution < 1.29 is 0 Å². The average Bonchev–Trinajstić information content (AvgIpc) is 4.01. The average molecular weight is 798 g/mol. The molecule has 0 spiro atoms. The molecule has 0 aliphatic rings. The highest BCUT2D eigenvalue weighted by Gasteiger charge is 2.18. The molecule has 0 saturated carbocycles. The fraction of sp³-hybridized carbons (Fsp3) is 0. The lowest BCUT2D eigenvalue weighted by atomic mass is 10.1. The van der Waals surface area contributed by atoms with Gasteiger partial charge in [0.15, 0.2) is 0 Å². The second-order valence-corrected chi connectivity index (χ2v) is 15.0. The quantitative estimate of drug-likeness (QED) is 0.178. The van der Waals surface area contributed by atoms with Gasteiger partial charge in [-0.1, -0.05) is 137 Å². The number of hydrogen-bond acceptors (Lipinski definition) is 2. The van der Waals surface area contributed by atoms with Crippen molar-refractivity contribution in [2.45, 2.75) is 0 Å². The van der Waals surface area contributed by atoms with Crippen LogP contribution in [0.4, 0.5) is 0 Å². The van der Waals surface area contributed by atoms with E-state index < -0.39 is 0 Å². The van der Waals surface area contributed by atoms with Gasteiger partial charge < -0.3 is 0 Å². The summed E-state index contributed by atoms with van der Waals surface area (Å²) in [4.78, 5) is 9.88. The Balaban J connectivity index is 0.000000131. The Morgan fingerprint density at radius 1 is 0.316 bits per heavy atom. The number of hydrogen-bond donors (Lipinski definition) is 0. The first-order valence-electron chi connectivity index (χ1n) is 19.0. The van der Waals surface area contributed by atoms with E-state index in [4.69, 9.17) is 9.97 Å². The highest BCUT2D eigenvalue weighted by Crippen LogP contribution is 2.33. The number of rotatable bonds is 4. The van der Waals surface area contributed by atoms with Crippen LogP contribution in [0.1, 0.15) is 0 Å². The van der Waals surface area contributed by atoms with Crippen LogP contribution in [0, 0.1) is 0 Å². The first-order valence-corrected chi connectivity index (χ1v) is 19.7. The van der Waals surface area contributed by atoms with E-state index in [0.717, 1.165) is 66.0 Å². The summed E-state index contributed by atoms with van der Waals surface area (Å²) in [5.74, 6) is 1.86. The smallest absolute Gasteiger partial charge is 0.220 e. The SMILES string of the molecule is Brc1ccc2c(c1)n1c3ccccc3nc1n2-c1ccc(-c2ccccc2)cc1.c1ccc(-c2ccc(-n3c4ccccc4n4c5ccccc5nc34)cc2)cc1. The zero-order valence-electron chi connectivity index (χ0n) is 30.6. The molecule has 4 heterocycles. The Bertz CT molecular complexity index is 3390. The summed E-state index contributed by atoms with van der Waals surface area (Å²) >= 11 is 3.63. The fourth-order valence-electron chi connectivity index (χ4n) is 8.10. The third-order valence-corrected chi connectivity index (χ3v) is 11.2. The van der Waals surface area contributed by atoms with Crippen molar-refractivity contribution in [2.24, 2.45) is 0 Å². The topological polar surface area (TPSA) is 44.5 Å². The Kier molecular flexibility index (Phi) is 7.86. The molecule has 0 aliphatic carbocycles. The van der Waals surface area contributed by atoms with E-state index >= 15 is 0 Å². The third kappa shape index (κ3) is 5.54.